The lowest BCUT2D eigenvalue weighted by Gasteiger charge is -2.39. The number of nitrogens with zero attached hydrogens (tertiary/aromatic N) is 1. The Morgan fingerprint density at radius 1 is 1.05 bits per heavy atom. The summed E-state index contributed by atoms with van der Waals surface area (Å²) in [7, 11) is 0. The molecule has 2 aromatic carbocycles. The Kier molecular flexibility index (Phi) is 3.42. The van der Waals surface area contributed by atoms with Gasteiger partial charge in [-0.1, -0.05) is 36.4 Å². The van der Waals surface area contributed by atoms with Crippen LogP contribution in [-0.2, 0) is 0 Å². The van der Waals surface area contributed by atoms with Gasteiger partial charge in [-0.2, -0.15) is 0 Å². The third kappa shape index (κ3) is 2.52. The maximum atomic E-state index is 12.2. The molecule has 3 rings (SSSR count). The number of benzene rings is 2. The lowest BCUT2D eigenvalue weighted by molar-refractivity contribution is 0.0175. The van der Waals surface area contributed by atoms with Gasteiger partial charge in [0, 0.05) is 5.56 Å². The molecule has 2 aromatic rings. The van der Waals surface area contributed by atoms with Crippen molar-refractivity contribution in [1.29, 1.82) is 0 Å². The van der Waals surface area contributed by atoms with E-state index >= 15 is 0 Å². The van der Waals surface area contributed by atoms with Crippen LogP contribution in [0.5, 0.6) is 5.75 Å². The van der Waals surface area contributed by atoms with E-state index in [9.17, 15) is 4.79 Å². The summed E-state index contributed by atoms with van der Waals surface area (Å²) < 4.78 is 5.90. The van der Waals surface area contributed by atoms with Crippen LogP contribution >= 0.6 is 0 Å². The molecule has 0 unspecified atom stereocenters. The van der Waals surface area contributed by atoms with Crippen molar-refractivity contribution in [3.8, 4) is 5.75 Å². The van der Waals surface area contributed by atoms with E-state index in [1.54, 1.807) is 0 Å². The molecule has 1 fully saturated rings. The Morgan fingerprint density at radius 3 is 2.40 bits per heavy atom. The number of para-hydroxylation sites is 1. The molecular formula is C17H17NO2. The summed E-state index contributed by atoms with van der Waals surface area (Å²) in [5, 5.41) is 0. The molecule has 1 amide bonds. The first-order chi connectivity index (χ1) is 9.74. The number of aryl methyl sites for hydroxylation is 1. The molecular weight excluding hydrogens is 250 g/mol. The van der Waals surface area contributed by atoms with E-state index in [2.05, 4.69) is 0 Å². The summed E-state index contributed by atoms with van der Waals surface area (Å²) >= 11 is 0. The quantitative estimate of drug-likeness (QED) is 0.855. The number of amides is 1. The Morgan fingerprint density at radius 2 is 1.70 bits per heavy atom. The highest BCUT2D eigenvalue weighted by atomic mass is 16.5. The molecule has 0 bridgehead atoms. The van der Waals surface area contributed by atoms with Crippen molar-refractivity contribution in [3.05, 3.63) is 65.7 Å². The topological polar surface area (TPSA) is 29.5 Å². The van der Waals surface area contributed by atoms with Crippen LogP contribution in [0.15, 0.2) is 54.6 Å². The van der Waals surface area contributed by atoms with Crippen molar-refractivity contribution < 1.29 is 9.53 Å². The van der Waals surface area contributed by atoms with Gasteiger partial charge in [0.1, 0.15) is 11.9 Å². The zero-order valence-corrected chi connectivity index (χ0v) is 11.5. The average Bonchev–Trinajstić information content (AvgIpc) is 2.44. The summed E-state index contributed by atoms with van der Waals surface area (Å²) in [6.45, 7) is 3.34. The fourth-order valence-corrected chi connectivity index (χ4v) is 2.31. The molecule has 3 heteroatoms. The number of carbonyl (C=O) groups excluding carboxylic acids is 1. The number of hydrogen-bond acceptors (Lipinski definition) is 2. The van der Waals surface area contributed by atoms with Gasteiger partial charge in [0.2, 0.25) is 0 Å². The maximum Gasteiger partial charge on any atom is 0.254 e. The minimum absolute atomic E-state index is 0.0789. The zero-order chi connectivity index (χ0) is 13.9. The Labute approximate surface area is 118 Å². The van der Waals surface area contributed by atoms with Crippen LogP contribution in [0, 0.1) is 6.92 Å². The lowest BCUT2D eigenvalue weighted by atomic mass is 10.1. The minimum atomic E-state index is 0.0789. The third-order valence-electron chi connectivity index (χ3n) is 3.54. The van der Waals surface area contributed by atoms with Crippen LogP contribution in [0.1, 0.15) is 15.9 Å². The predicted octanol–water partition coefficient (Wildman–Crippen LogP) is 2.90. The van der Waals surface area contributed by atoms with E-state index < -0.39 is 0 Å². The largest absolute Gasteiger partial charge is 0.486 e. The molecule has 3 nitrogen and oxygen atoms in total. The summed E-state index contributed by atoms with van der Waals surface area (Å²) in [6.07, 6.45) is 0.101. The van der Waals surface area contributed by atoms with Crippen LogP contribution < -0.4 is 4.74 Å². The molecule has 1 heterocycles. The van der Waals surface area contributed by atoms with Crippen LogP contribution in [-0.4, -0.2) is 30.0 Å². The molecule has 1 aliphatic rings. The van der Waals surface area contributed by atoms with Crippen LogP contribution in [0.25, 0.3) is 0 Å². The molecule has 0 saturated carbocycles. The fraction of sp³-hybridized carbons (Fsp3) is 0.235. The predicted molar refractivity (Wildman–Crippen MR) is 77.9 cm³/mol. The standard InChI is InChI=1S/C17H17NO2/c1-13-7-5-6-10-16(13)20-15-11-18(12-15)17(19)14-8-3-2-4-9-14/h2-10,15H,11-12H2,1H3. The van der Waals surface area contributed by atoms with Gasteiger partial charge < -0.3 is 9.64 Å². The number of likely N-dealkylation sites (tertiary alicyclic amines) is 1. The van der Waals surface area contributed by atoms with Crippen molar-refractivity contribution >= 4 is 5.91 Å². The molecule has 1 aliphatic heterocycles. The summed E-state index contributed by atoms with van der Waals surface area (Å²) in [4.78, 5) is 14.0. The van der Waals surface area contributed by atoms with Gasteiger partial charge in [-0.15, -0.1) is 0 Å². The summed E-state index contributed by atoms with van der Waals surface area (Å²) in [5.41, 5.74) is 1.86. The third-order valence-corrected chi connectivity index (χ3v) is 3.54. The Hall–Kier alpha value is -2.29. The van der Waals surface area contributed by atoms with E-state index in [1.807, 2.05) is 66.4 Å². The summed E-state index contributed by atoms with van der Waals surface area (Å²) in [6, 6.07) is 17.3. The highest BCUT2D eigenvalue weighted by molar-refractivity contribution is 5.94. The zero-order valence-electron chi connectivity index (χ0n) is 11.5. The van der Waals surface area contributed by atoms with Gasteiger partial charge in [0.15, 0.2) is 0 Å². The van der Waals surface area contributed by atoms with Crippen LogP contribution in [0.2, 0.25) is 0 Å². The van der Waals surface area contributed by atoms with E-state index in [0.717, 1.165) is 16.9 Å². The van der Waals surface area contributed by atoms with Gasteiger partial charge in [-0.05, 0) is 30.7 Å². The highest BCUT2D eigenvalue weighted by Crippen LogP contribution is 2.22. The molecule has 102 valence electrons. The molecule has 0 aliphatic carbocycles. The number of ether oxygens (including phenoxy) is 1. The SMILES string of the molecule is Cc1ccccc1OC1CN(C(=O)c2ccccc2)C1. The van der Waals surface area contributed by atoms with E-state index in [4.69, 9.17) is 4.74 Å². The van der Waals surface area contributed by atoms with Gasteiger partial charge in [0.05, 0.1) is 13.1 Å². The van der Waals surface area contributed by atoms with Gasteiger partial charge in [-0.3, -0.25) is 4.79 Å². The highest BCUT2D eigenvalue weighted by Gasteiger charge is 2.32. The normalized spacial score (nSPS) is 14.8. The number of hydrogen-bond donors (Lipinski definition) is 0. The van der Waals surface area contributed by atoms with Gasteiger partial charge in [-0.25, -0.2) is 0 Å². The molecule has 20 heavy (non-hydrogen) atoms. The van der Waals surface area contributed by atoms with Gasteiger partial charge >= 0.3 is 0 Å². The van der Waals surface area contributed by atoms with E-state index in [1.165, 1.54) is 0 Å². The van der Waals surface area contributed by atoms with Gasteiger partial charge in [0.25, 0.3) is 5.91 Å². The number of rotatable bonds is 3. The number of carbonyl (C=O) groups is 1. The first kappa shape index (κ1) is 12.7. The second-order valence-electron chi connectivity index (χ2n) is 5.08. The Bertz CT molecular complexity index is 603. The van der Waals surface area contributed by atoms with Crippen molar-refractivity contribution in [2.75, 3.05) is 13.1 Å². The van der Waals surface area contributed by atoms with Crippen LogP contribution in [0.4, 0.5) is 0 Å². The van der Waals surface area contributed by atoms with Crippen molar-refractivity contribution in [2.24, 2.45) is 0 Å². The average molecular weight is 267 g/mol. The van der Waals surface area contributed by atoms with Crippen LogP contribution in [0.3, 0.4) is 0 Å². The van der Waals surface area contributed by atoms with Crippen molar-refractivity contribution in [2.45, 2.75) is 13.0 Å². The molecule has 0 atom stereocenters. The molecule has 0 aromatic heterocycles. The van der Waals surface area contributed by atoms with Crippen molar-refractivity contribution in [1.82, 2.24) is 4.90 Å². The van der Waals surface area contributed by atoms with Crippen molar-refractivity contribution in [3.63, 3.8) is 0 Å². The molecule has 1 saturated heterocycles. The molecule has 0 N–H and O–H groups in total. The van der Waals surface area contributed by atoms with E-state index in [0.29, 0.717) is 13.1 Å². The monoisotopic (exact) mass is 267 g/mol. The second-order valence-corrected chi connectivity index (χ2v) is 5.08. The minimum Gasteiger partial charge on any atom is -0.486 e. The summed E-state index contributed by atoms with van der Waals surface area (Å²) in [5.74, 6) is 0.986. The fourth-order valence-electron chi connectivity index (χ4n) is 2.31. The maximum absolute atomic E-state index is 12.2. The smallest absolute Gasteiger partial charge is 0.254 e. The molecule has 0 radical (unpaired) electrons. The first-order valence-electron chi connectivity index (χ1n) is 6.80. The Balaban J connectivity index is 1.57. The molecule has 0 spiro atoms. The van der Waals surface area contributed by atoms with E-state index in [-0.39, 0.29) is 12.0 Å². The lowest BCUT2D eigenvalue weighted by Crippen LogP contribution is -2.56. The first-order valence-corrected chi connectivity index (χ1v) is 6.80. The second kappa shape index (κ2) is 5.37.